The van der Waals surface area contributed by atoms with Gasteiger partial charge < -0.3 is 15.2 Å². The van der Waals surface area contributed by atoms with Gasteiger partial charge >= 0.3 is 0 Å². The maximum absolute atomic E-state index is 13.5. The summed E-state index contributed by atoms with van der Waals surface area (Å²) in [7, 11) is 1.82. The van der Waals surface area contributed by atoms with Gasteiger partial charge in [0.25, 0.3) is 5.91 Å². The first-order valence-corrected chi connectivity index (χ1v) is 8.75. The lowest BCUT2D eigenvalue weighted by atomic mass is 9.89. The summed E-state index contributed by atoms with van der Waals surface area (Å²) in [4.78, 5) is 29.5. The van der Waals surface area contributed by atoms with Crippen LogP contribution in [0.15, 0.2) is 18.2 Å². The van der Waals surface area contributed by atoms with Gasteiger partial charge in [0, 0.05) is 37.0 Å². The Bertz CT molecular complexity index is 860. The van der Waals surface area contributed by atoms with E-state index < -0.39 is 0 Å². The number of aromatic nitrogens is 1. The fourth-order valence-electron chi connectivity index (χ4n) is 4.41. The molecular formula is C19H22FN3O2. The topological polar surface area (TPSA) is 65.2 Å². The number of piperidine rings is 1. The second-order valence-corrected chi connectivity index (χ2v) is 7.38. The molecule has 1 saturated carbocycles. The minimum atomic E-state index is -0.306. The summed E-state index contributed by atoms with van der Waals surface area (Å²) in [6.45, 7) is 2.56. The Hall–Kier alpha value is -2.37. The van der Waals surface area contributed by atoms with Crippen molar-refractivity contribution in [2.75, 3.05) is 13.6 Å². The Balaban J connectivity index is 1.57. The lowest BCUT2D eigenvalue weighted by Crippen LogP contribution is -2.38. The Labute approximate surface area is 145 Å². The van der Waals surface area contributed by atoms with E-state index in [2.05, 4.69) is 10.3 Å². The van der Waals surface area contributed by atoms with Gasteiger partial charge in [-0.3, -0.25) is 9.59 Å². The molecule has 1 aromatic heterocycles. The largest absolute Gasteiger partial charge is 0.356 e. The summed E-state index contributed by atoms with van der Waals surface area (Å²) in [6, 6.07) is 4.65. The number of H-pyrrole nitrogens is 1. The molecule has 5 nitrogen and oxygen atoms in total. The molecule has 1 aliphatic heterocycles. The Morgan fingerprint density at radius 1 is 1.28 bits per heavy atom. The van der Waals surface area contributed by atoms with Crippen molar-refractivity contribution < 1.29 is 14.0 Å². The second-order valence-electron chi connectivity index (χ2n) is 7.38. The lowest BCUT2D eigenvalue weighted by molar-refractivity contribution is -0.124. The van der Waals surface area contributed by atoms with Crippen molar-refractivity contribution >= 4 is 22.7 Å². The molecule has 2 fully saturated rings. The van der Waals surface area contributed by atoms with Crippen LogP contribution in [-0.2, 0) is 4.79 Å². The number of amides is 2. The number of nitrogens with one attached hydrogen (secondary N) is 2. The Morgan fingerprint density at radius 2 is 2.04 bits per heavy atom. The summed E-state index contributed by atoms with van der Waals surface area (Å²) >= 11 is 0. The van der Waals surface area contributed by atoms with Crippen molar-refractivity contribution in [1.82, 2.24) is 15.2 Å². The number of benzene rings is 1. The van der Waals surface area contributed by atoms with E-state index in [0.29, 0.717) is 30.5 Å². The number of fused-ring (bicyclic) bond motifs is 2. The van der Waals surface area contributed by atoms with Crippen LogP contribution >= 0.6 is 0 Å². The molecule has 2 aliphatic rings. The molecular weight excluding hydrogens is 321 g/mol. The van der Waals surface area contributed by atoms with Crippen molar-refractivity contribution in [3.8, 4) is 0 Å². The molecule has 25 heavy (non-hydrogen) atoms. The Kier molecular flexibility index (Phi) is 3.78. The molecule has 0 radical (unpaired) electrons. The highest BCUT2D eigenvalue weighted by atomic mass is 19.1. The first-order chi connectivity index (χ1) is 11.9. The zero-order valence-corrected chi connectivity index (χ0v) is 14.4. The van der Waals surface area contributed by atoms with Crippen molar-refractivity contribution in [3.05, 3.63) is 35.3 Å². The van der Waals surface area contributed by atoms with Crippen LogP contribution in [0.2, 0.25) is 0 Å². The molecule has 0 bridgehead atoms. The van der Waals surface area contributed by atoms with Crippen LogP contribution in [0.25, 0.3) is 10.9 Å². The van der Waals surface area contributed by atoms with E-state index in [4.69, 9.17) is 0 Å². The van der Waals surface area contributed by atoms with Gasteiger partial charge in [-0.1, -0.05) is 0 Å². The zero-order chi connectivity index (χ0) is 17.7. The fourth-order valence-corrected chi connectivity index (χ4v) is 4.41. The lowest BCUT2D eigenvalue weighted by Gasteiger charge is -2.24. The van der Waals surface area contributed by atoms with Gasteiger partial charge in [0.05, 0.1) is 0 Å². The summed E-state index contributed by atoms with van der Waals surface area (Å²) in [6.07, 6.45) is 2.35. The highest BCUT2D eigenvalue weighted by Crippen LogP contribution is 2.38. The first kappa shape index (κ1) is 16.1. The van der Waals surface area contributed by atoms with Crippen LogP contribution in [0, 0.1) is 24.6 Å². The molecule has 2 heterocycles. The number of hydrogen-bond donors (Lipinski definition) is 2. The van der Waals surface area contributed by atoms with Gasteiger partial charge in [0.2, 0.25) is 5.91 Å². The average molecular weight is 343 g/mol. The number of halogens is 1. The van der Waals surface area contributed by atoms with Gasteiger partial charge in [-0.15, -0.1) is 0 Å². The number of aryl methyl sites for hydroxylation is 1. The van der Waals surface area contributed by atoms with Gasteiger partial charge in [-0.05, 0) is 55.4 Å². The molecule has 4 rings (SSSR count). The predicted octanol–water partition coefficient (Wildman–Crippen LogP) is 2.60. The highest BCUT2D eigenvalue weighted by Gasteiger charge is 2.41. The molecule has 1 saturated heterocycles. The van der Waals surface area contributed by atoms with Crippen molar-refractivity contribution in [1.29, 1.82) is 0 Å². The molecule has 2 amide bonds. The predicted molar refractivity (Wildman–Crippen MR) is 92.7 cm³/mol. The van der Waals surface area contributed by atoms with Gasteiger partial charge in [-0.25, -0.2) is 4.39 Å². The Morgan fingerprint density at radius 3 is 2.84 bits per heavy atom. The SMILES string of the molecule is Cc1c(C(=O)N(C)[C@H]2C[C@H]3CC(=O)NC[C@H]3C2)[nH]c2ccc(F)cc12. The van der Waals surface area contributed by atoms with Crippen LogP contribution in [0.5, 0.6) is 0 Å². The number of carbonyl (C=O) groups is 2. The standard InChI is InChI=1S/C19H22FN3O2/c1-10-15-8-13(20)3-4-16(15)22-18(10)19(25)23(2)14-5-11-7-17(24)21-9-12(11)6-14/h3-4,8,11-12,14,22H,5-7,9H2,1-2H3,(H,21,24)/t11-,12+,14-/m0/s1. The van der Waals surface area contributed by atoms with E-state index in [1.165, 1.54) is 12.1 Å². The molecule has 2 N–H and O–H groups in total. The minimum Gasteiger partial charge on any atom is -0.356 e. The first-order valence-electron chi connectivity index (χ1n) is 8.75. The van der Waals surface area contributed by atoms with E-state index >= 15 is 0 Å². The molecule has 3 atom stereocenters. The van der Waals surface area contributed by atoms with Crippen molar-refractivity contribution in [2.24, 2.45) is 11.8 Å². The van der Waals surface area contributed by atoms with Crippen LogP contribution in [0.4, 0.5) is 4.39 Å². The average Bonchev–Trinajstić information content (AvgIpc) is 3.15. The quantitative estimate of drug-likeness (QED) is 0.880. The molecule has 6 heteroatoms. The van der Waals surface area contributed by atoms with E-state index in [-0.39, 0.29) is 23.7 Å². The van der Waals surface area contributed by atoms with Gasteiger partial charge in [0.15, 0.2) is 0 Å². The van der Waals surface area contributed by atoms with E-state index in [1.54, 1.807) is 11.0 Å². The monoisotopic (exact) mass is 343 g/mol. The van der Waals surface area contributed by atoms with Crippen LogP contribution in [0.1, 0.15) is 35.3 Å². The normalized spacial score (nSPS) is 25.7. The molecule has 1 aliphatic carbocycles. The van der Waals surface area contributed by atoms with Gasteiger partial charge in [0.1, 0.15) is 11.5 Å². The maximum Gasteiger partial charge on any atom is 0.270 e. The third kappa shape index (κ3) is 2.69. The third-order valence-corrected chi connectivity index (χ3v) is 5.93. The van der Waals surface area contributed by atoms with E-state index in [1.807, 2.05) is 14.0 Å². The van der Waals surface area contributed by atoms with Crippen LogP contribution in [-0.4, -0.2) is 41.3 Å². The molecule has 2 aromatic rings. The van der Waals surface area contributed by atoms with Gasteiger partial charge in [-0.2, -0.15) is 0 Å². The summed E-state index contributed by atoms with van der Waals surface area (Å²) in [5.74, 6) is 0.558. The van der Waals surface area contributed by atoms with Crippen LogP contribution in [0.3, 0.4) is 0 Å². The number of rotatable bonds is 2. The van der Waals surface area contributed by atoms with Crippen molar-refractivity contribution in [3.63, 3.8) is 0 Å². The smallest absolute Gasteiger partial charge is 0.270 e. The zero-order valence-electron chi connectivity index (χ0n) is 14.4. The molecule has 0 spiro atoms. The summed E-state index contributed by atoms with van der Waals surface area (Å²) < 4.78 is 13.5. The van der Waals surface area contributed by atoms with Crippen molar-refractivity contribution in [2.45, 2.75) is 32.2 Å². The van der Waals surface area contributed by atoms with E-state index in [0.717, 1.165) is 29.3 Å². The summed E-state index contributed by atoms with van der Waals surface area (Å²) in [5.41, 5.74) is 2.07. The second kappa shape index (κ2) is 5.86. The van der Waals surface area contributed by atoms with E-state index in [9.17, 15) is 14.0 Å². The number of nitrogens with zero attached hydrogens (tertiary/aromatic N) is 1. The summed E-state index contributed by atoms with van der Waals surface area (Å²) in [5, 5.41) is 3.66. The fraction of sp³-hybridized carbons (Fsp3) is 0.474. The minimum absolute atomic E-state index is 0.0722. The molecule has 132 valence electrons. The molecule has 1 aromatic carbocycles. The number of carbonyl (C=O) groups excluding carboxylic acids is 2. The van der Waals surface area contributed by atoms with Crippen LogP contribution < -0.4 is 5.32 Å². The highest BCUT2D eigenvalue weighted by molar-refractivity contribution is 6.01. The third-order valence-electron chi connectivity index (χ3n) is 5.93. The number of aromatic amines is 1. The molecule has 0 unspecified atom stereocenters. The maximum atomic E-state index is 13.5. The number of hydrogen-bond acceptors (Lipinski definition) is 2.